The maximum Gasteiger partial charge on any atom is 0.388 e. The second kappa shape index (κ2) is 6.70. The van der Waals surface area contributed by atoms with E-state index in [1.807, 2.05) is 32.0 Å². The predicted molar refractivity (Wildman–Crippen MR) is 101 cm³/mol. The Morgan fingerprint density at radius 3 is 2.63 bits per heavy atom. The molecule has 0 N–H and O–H groups in total. The van der Waals surface area contributed by atoms with Gasteiger partial charge in [-0.05, 0) is 43.2 Å². The number of aromatic nitrogens is 3. The Hall–Kier alpha value is -2.87. The molecule has 8 heteroatoms. The van der Waals surface area contributed by atoms with Gasteiger partial charge in [0.05, 0.1) is 34.6 Å². The molecule has 0 fully saturated rings. The minimum Gasteiger partial charge on any atom is -0.495 e. The summed E-state index contributed by atoms with van der Waals surface area (Å²) in [6, 6.07) is 7.63. The predicted octanol–water partition coefficient (Wildman–Crippen LogP) is 5.13. The van der Waals surface area contributed by atoms with Gasteiger partial charge in [0.2, 0.25) is 5.88 Å². The van der Waals surface area contributed by atoms with Crippen LogP contribution in [0.15, 0.2) is 30.5 Å². The van der Waals surface area contributed by atoms with E-state index in [-0.39, 0.29) is 5.88 Å². The molecular formula is C19H15F2N3O2S. The number of methoxy groups -OCH3 is 1. The van der Waals surface area contributed by atoms with Gasteiger partial charge in [0.25, 0.3) is 0 Å². The molecule has 138 valence electrons. The van der Waals surface area contributed by atoms with Crippen molar-refractivity contribution in [3.8, 4) is 22.2 Å². The van der Waals surface area contributed by atoms with Crippen molar-refractivity contribution in [1.29, 1.82) is 0 Å². The van der Waals surface area contributed by atoms with Crippen molar-refractivity contribution in [2.75, 3.05) is 7.11 Å². The molecule has 0 aliphatic rings. The Labute approximate surface area is 157 Å². The van der Waals surface area contributed by atoms with Crippen LogP contribution in [0.25, 0.3) is 31.8 Å². The molecule has 0 bridgehead atoms. The summed E-state index contributed by atoms with van der Waals surface area (Å²) in [6.07, 6.45) is 1.20. The number of nitrogens with zero attached hydrogens (tertiary/aromatic N) is 3. The number of hydrogen-bond donors (Lipinski definition) is 0. The molecule has 0 aliphatic heterocycles. The minimum atomic E-state index is -2.94. The zero-order chi connectivity index (χ0) is 19.1. The highest BCUT2D eigenvalue weighted by molar-refractivity contribution is 7.22. The summed E-state index contributed by atoms with van der Waals surface area (Å²) < 4.78 is 35.7. The molecule has 0 atom stereocenters. The second-order valence-corrected chi connectivity index (χ2v) is 7.05. The van der Waals surface area contributed by atoms with Crippen LogP contribution in [-0.4, -0.2) is 28.7 Å². The topological polar surface area (TPSA) is 57.1 Å². The van der Waals surface area contributed by atoms with Gasteiger partial charge in [-0.25, -0.2) is 15.0 Å². The third-order valence-electron chi connectivity index (χ3n) is 4.14. The first kappa shape index (κ1) is 17.5. The van der Waals surface area contributed by atoms with Crippen LogP contribution >= 0.6 is 11.3 Å². The van der Waals surface area contributed by atoms with E-state index in [4.69, 9.17) is 9.72 Å². The molecule has 27 heavy (non-hydrogen) atoms. The Bertz CT molecular complexity index is 1160. The molecule has 2 aromatic carbocycles. The molecule has 0 amide bonds. The summed E-state index contributed by atoms with van der Waals surface area (Å²) in [5.74, 6) is 0.547. The van der Waals surface area contributed by atoms with Crippen LogP contribution in [0, 0.1) is 13.8 Å². The summed E-state index contributed by atoms with van der Waals surface area (Å²) >= 11 is 1.50. The Kier molecular flexibility index (Phi) is 4.35. The molecule has 0 radical (unpaired) electrons. The number of halogens is 2. The van der Waals surface area contributed by atoms with Crippen molar-refractivity contribution in [2.45, 2.75) is 20.5 Å². The molecule has 4 rings (SSSR count). The van der Waals surface area contributed by atoms with Gasteiger partial charge in [-0.1, -0.05) is 6.07 Å². The molecule has 5 nitrogen and oxygen atoms in total. The third-order valence-corrected chi connectivity index (χ3v) is 5.24. The normalized spacial score (nSPS) is 11.5. The fraction of sp³-hybridized carbons (Fsp3) is 0.211. The SMILES string of the molecule is COc1ccc(C)c2nc(-c3cc(C)cc4nc(OC(F)F)cnc34)sc12. The summed E-state index contributed by atoms with van der Waals surface area (Å²) in [6.45, 7) is 0.957. The molecule has 0 saturated heterocycles. The fourth-order valence-electron chi connectivity index (χ4n) is 2.94. The zero-order valence-electron chi connectivity index (χ0n) is 14.8. The van der Waals surface area contributed by atoms with E-state index in [0.29, 0.717) is 11.0 Å². The number of fused-ring (bicyclic) bond motifs is 2. The lowest BCUT2D eigenvalue weighted by molar-refractivity contribution is -0.0528. The first-order valence-corrected chi connectivity index (χ1v) is 8.94. The van der Waals surface area contributed by atoms with Crippen molar-refractivity contribution in [3.05, 3.63) is 41.6 Å². The number of rotatable bonds is 4. The smallest absolute Gasteiger partial charge is 0.388 e. The summed E-state index contributed by atoms with van der Waals surface area (Å²) in [5, 5.41) is 0.767. The summed E-state index contributed by atoms with van der Waals surface area (Å²) in [5.41, 5.74) is 4.69. The highest BCUT2D eigenvalue weighted by Crippen LogP contribution is 2.39. The minimum absolute atomic E-state index is 0.212. The lowest BCUT2D eigenvalue weighted by Gasteiger charge is -2.07. The van der Waals surface area contributed by atoms with E-state index < -0.39 is 6.61 Å². The highest BCUT2D eigenvalue weighted by Gasteiger charge is 2.17. The fourth-order valence-corrected chi connectivity index (χ4v) is 4.10. The highest BCUT2D eigenvalue weighted by atomic mass is 32.1. The van der Waals surface area contributed by atoms with Crippen molar-refractivity contribution >= 4 is 32.6 Å². The standard InChI is InChI=1S/C19H15F2N3O2S/c1-9-6-11(16-12(7-9)23-14(8-22-16)26-19(20)21)18-24-15-10(2)4-5-13(25-3)17(15)27-18/h4-8,19H,1-3H3. The lowest BCUT2D eigenvalue weighted by atomic mass is 10.1. The van der Waals surface area contributed by atoms with Gasteiger partial charge < -0.3 is 9.47 Å². The van der Waals surface area contributed by atoms with E-state index in [2.05, 4.69) is 14.7 Å². The van der Waals surface area contributed by atoms with Crippen molar-refractivity contribution < 1.29 is 18.3 Å². The third kappa shape index (κ3) is 3.16. The maximum atomic E-state index is 12.5. The van der Waals surface area contributed by atoms with Crippen LogP contribution in [0.5, 0.6) is 11.6 Å². The van der Waals surface area contributed by atoms with E-state index >= 15 is 0 Å². The first-order chi connectivity index (χ1) is 13.0. The summed E-state index contributed by atoms with van der Waals surface area (Å²) in [7, 11) is 1.63. The summed E-state index contributed by atoms with van der Waals surface area (Å²) in [4.78, 5) is 13.2. The van der Waals surface area contributed by atoms with Gasteiger partial charge in [-0.2, -0.15) is 8.78 Å². The monoisotopic (exact) mass is 387 g/mol. The van der Waals surface area contributed by atoms with E-state index in [0.717, 1.165) is 37.7 Å². The number of hydrogen-bond acceptors (Lipinski definition) is 6. The number of aryl methyl sites for hydroxylation is 2. The number of alkyl halides is 2. The second-order valence-electron chi connectivity index (χ2n) is 6.05. The van der Waals surface area contributed by atoms with Gasteiger partial charge in [0, 0.05) is 5.56 Å². The van der Waals surface area contributed by atoms with E-state index in [1.54, 1.807) is 13.2 Å². The molecule has 2 aromatic heterocycles. The first-order valence-electron chi connectivity index (χ1n) is 8.13. The Balaban J connectivity index is 1.93. The average molecular weight is 387 g/mol. The van der Waals surface area contributed by atoms with Crippen molar-refractivity contribution in [2.24, 2.45) is 0 Å². The number of thiazole rings is 1. The quantitative estimate of drug-likeness (QED) is 0.486. The molecule has 4 aromatic rings. The van der Waals surface area contributed by atoms with Crippen LogP contribution in [0.3, 0.4) is 0 Å². The van der Waals surface area contributed by atoms with Crippen LogP contribution in [-0.2, 0) is 0 Å². The largest absolute Gasteiger partial charge is 0.495 e. The van der Waals surface area contributed by atoms with Crippen LogP contribution < -0.4 is 9.47 Å². The van der Waals surface area contributed by atoms with Gasteiger partial charge in [0.1, 0.15) is 10.8 Å². The van der Waals surface area contributed by atoms with E-state index in [1.165, 1.54) is 17.5 Å². The molecule has 0 saturated carbocycles. The molecule has 0 unspecified atom stereocenters. The average Bonchev–Trinajstić information content (AvgIpc) is 3.06. The zero-order valence-corrected chi connectivity index (χ0v) is 15.6. The molecule has 2 heterocycles. The Morgan fingerprint density at radius 1 is 1.07 bits per heavy atom. The number of ether oxygens (including phenoxy) is 2. The van der Waals surface area contributed by atoms with Crippen molar-refractivity contribution in [1.82, 2.24) is 15.0 Å². The van der Waals surface area contributed by atoms with E-state index in [9.17, 15) is 8.78 Å². The van der Waals surface area contributed by atoms with Gasteiger partial charge in [0.15, 0.2) is 0 Å². The van der Waals surface area contributed by atoms with Crippen LogP contribution in [0.1, 0.15) is 11.1 Å². The van der Waals surface area contributed by atoms with Gasteiger partial charge in [-0.3, -0.25) is 0 Å². The van der Waals surface area contributed by atoms with Crippen molar-refractivity contribution in [3.63, 3.8) is 0 Å². The molecule has 0 aliphatic carbocycles. The van der Waals surface area contributed by atoms with Crippen LogP contribution in [0.2, 0.25) is 0 Å². The van der Waals surface area contributed by atoms with Gasteiger partial charge in [-0.15, -0.1) is 11.3 Å². The lowest BCUT2D eigenvalue weighted by Crippen LogP contribution is -2.04. The Morgan fingerprint density at radius 2 is 1.89 bits per heavy atom. The molecule has 0 spiro atoms. The van der Waals surface area contributed by atoms with Crippen LogP contribution in [0.4, 0.5) is 8.78 Å². The molecular weight excluding hydrogens is 372 g/mol. The maximum absolute atomic E-state index is 12.5. The van der Waals surface area contributed by atoms with Gasteiger partial charge >= 0.3 is 6.61 Å². The number of benzene rings is 2.